The van der Waals surface area contributed by atoms with E-state index in [4.69, 9.17) is 9.15 Å². The van der Waals surface area contributed by atoms with Crippen LogP contribution >= 0.6 is 0 Å². The van der Waals surface area contributed by atoms with E-state index in [1.165, 1.54) is 10.6 Å². The van der Waals surface area contributed by atoms with Crippen LogP contribution in [0.1, 0.15) is 11.3 Å². The van der Waals surface area contributed by atoms with Gasteiger partial charge in [0.1, 0.15) is 11.5 Å². The lowest BCUT2D eigenvalue weighted by Gasteiger charge is -2.21. The molecule has 0 atom stereocenters. The molecule has 0 amide bonds. The van der Waals surface area contributed by atoms with Gasteiger partial charge in [-0.05, 0) is 42.0 Å². The Morgan fingerprint density at radius 2 is 1.64 bits per heavy atom. The van der Waals surface area contributed by atoms with Gasteiger partial charge in [-0.1, -0.05) is 30.3 Å². The highest BCUT2D eigenvalue weighted by Gasteiger charge is 2.25. The van der Waals surface area contributed by atoms with E-state index < -0.39 is 10.0 Å². The molecule has 0 spiro atoms. The van der Waals surface area contributed by atoms with Crippen LogP contribution in [0.25, 0.3) is 0 Å². The Morgan fingerprint density at radius 1 is 0.920 bits per heavy atom. The largest absolute Gasteiger partial charge is 0.497 e. The molecule has 0 radical (unpaired) electrons. The molecule has 0 N–H and O–H groups in total. The molecular weight excluding hydrogens is 338 g/mol. The third-order valence-electron chi connectivity index (χ3n) is 3.81. The van der Waals surface area contributed by atoms with Crippen molar-refractivity contribution in [2.45, 2.75) is 18.0 Å². The van der Waals surface area contributed by atoms with Gasteiger partial charge in [0, 0.05) is 6.54 Å². The highest BCUT2D eigenvalue weighted by Crippen LogP contribution is 2.23. The molecule has 0 saturated carbocycles. The number of nitrogens with zero attached hydrogens (tertiary/aromatic N) is 1. The van der Waals surface area contributed by atoms with Gasteiger partial charge >= 0.3 is 0 Å². The summed E-state index contributed by atoms with van der Waals surface area (Å²) in [6.07, 6.45) is 1.54. The number of methoxy groups -OCH3 is 1. The topological polar surface area (TPSA) is 59.8 Å². The lowest BCUT2D eigenvalue weighted by molar-refractivity contribution is 0.358. The Kier molecular flexibility index (Phi) is 5.21. The maximum atomic E-state index is 13.1. The van der Waals surface area contributed by atoms with Gasteiger partial charge in [-0.2, -0.15) is 4.31 Å². The fraction of sp³-hybridized carbons (Fsp3) is 0.158. The maximum Gasteiger partial charge on any atom is 0.243 e. The Bertz CT molecular complexity index is 888. The van der Waals surface area contributed by atoms with Crippen LogP contribution in [0.3, 0.4) is 0 Å². The van der Waals surface area contributed by atoms with E-state index in [9.17, 15) is 8.42 Å². The van der Waals surface area contributed by atoms with E-state index >= 15 is 0 Å². The van der Waals surface area contributed by atoms with Gasteiger partial charge in [-0.3, -0.25) is 0 Å². The summed E-state index contributed by atoms with van der Waals surface area (Å²) >= 11 is 0. The van der Waals surface area contributed by atoms with E-state index in [1.54, 1.807) is 43.5 Å². The number of rotatable bonds is 7. The van der Waals surface area contributed by atoms with Gasteiger partial charge in [0.25, 0.3) is 0 Å². The first-order valence-corrected chi connectivity index (χ1v) is 9.24. The fourth-order valence-corrected chi connectivity index (χ4v) is 3.88. The molecule has 0 aliphatic carbocycles. The van der Waals surface area contributed by atoms with Crippen molar-refractivity contribution in [2.24, 2.45) is 0 Å². The molecule has 0 bridgehead atoms. The second-order valence-corrected chi connectivity index (χ2v) is 7.45. The lowest BCUT2D eigenvalue weighted by Crippen LogP contribution is -2.30. The number of sulfonamides is 1. The average Bonchev–Trinajstić information content (AvgIpc) is 3.15. The van der Waals surface area contributed by atoms with E-state index in [2.05, 4.69) is 0 Å². The minimum Gasteiger partial charge on any atom is -0.497 e. The predicted molar refractivity (Wildman–Crippen MR) is 94.6 cm³/mol. The van der Waals surface area contributed by atoms with E-state index in [-0.39, 0.29) is 18.0 Å². The van der Waals surface area contributed by atoms with E-state index in [1.807, 2.05) is 30.3 Å². The van der Waals surface area contributed by atoms with Gasteiger partial charge in [0.05, 0.1) is 24.8 Å². The van der Waals surface area contributed by atoms with Crippen molar-refractivity contribution in [1.29, 1.82) is 0 Å². The van der Waals surface area contributed by atoms with E-state index in [0.29, 0.717) is 11.5 Å². The molecule has 0 aliphatic heterocycles. The number of hydrogen-bond donors (Lipinski definition) is 0. The summed E-state index contributed by atoms with van der Waals surface area (Å²) < 4.78 is 38.1. The second kappa shape index (κ2) is 7.55. The third kappa shape index (κ3) is 4.10. The van der Waals surface area contributed by atoms with Crippen LogP contribution in [0.5, 0.6) is 5.75 Å². The molecule has 3 aromatic rings. The molecule has 0 fully saturated rings. The minimum atomic E-state index is -3.68. The maximum absolute atomic E-state index is 13.1. The zero-order valence-electron chi connectivity index (χ0n) is 13.8. The monoisotopic (exact) mass is 357 g/mol. The number of benzene rings is 2. The normalized spacial score (nSPS) is 11.6. The van der Waals surface area contributed by atoms with Crippen LogP contribution in [-0.4, -0.2) is 19.8 Å². The number of furan rings is 1. The SMILES string of the molecule is COc1ccc(S(=O)(=O)N(Cc2ccccc2)Cc2ccco2)cc1. The first-order valence-electron chi connectivity index (χ1n) is 7.80. The Balaban J connectivity index is 1.93. The summed E-state index contributed by atoms with van der Waals surface area (Å²) in [6.45, 7) is 0.423. The molecule has 130 valence electrons. The van der Waals surface area contributed by atoms with Crippen molar-refractivity contribution >= 4 is 10.0 Å². The van der Waals surface area contributed by atoms with Crippen molar-refractivity contribution in [3.05, 3.63) is 84.3 Å². The molecule has 25 heavy (non-hydrogen) atoms. The lowest BCUT2D eigenvalue weighted by atomic mass is 10.2. The quantitative estimate of drug-likeness (QED) is 0.647. The van der Waals surface area contributed by atoms with Gasteiger partial charge in [-0.15, -0.1) is 0 Å². The molecule has 0 unspecified atom stereocenters. The summed E-state index contributed by atoms with van der Waals surface area (Å²) in [5.74, 6) is 1.20. The summed E-state index contributed by atoms with van der Waals surface area (Å²) in [4.78, 5) is 0.218. The van der Waals surface area contributed by atoms with E-state index in [0.717, 1.165) is 5.56 Å². The summed E-state index contributed by atoms with van der Waals surface area (Å²) in [6, 6.07) is 19.4. The molecule has 0 saturated heterocycles. The summed E-state index contributed by atoms with van der Waals surface area (Å²) in [5, 5.41) is 0. The molecule has 2 aromatic carbocycles. The van der Waals surface area contributed by atoms with Crippen molar-refractivity contribution in [3.8, 4) is 5.75 Å². The van der Waals surface area contributed by atoms with Crippen LogP contribution in [0.4, 0.5) is 0 Å². The third-order valence-corrected chi connectivity index (χ3v) is 5.62. The number of ether oxygens (including phenoxy) is 1. The van der Waals surface area contributed by atoms with Crippen molar-refractivity contribution < 1.29 is 17.6 Å². The molecule has 3 rings (SSSR count). The summed E-state index contributed by atoms with van der Waals surface area (Å²) in [5.41, 5.74) is 0.908. The first kappa shape index (κ1) is 17.3. The van der Waals surface area contributed by atoms with Crippen molar-refractivity contribution in [1.82, 2.24) is 4.31 Å². The average molecular weight is 357 g/mol. The summed E-state index contributed by atoms with van der Waals surface area (Å²) in [7, 11) is -2.14. The van der Waals surface area contributed by atoms with Crippen LogP contribution < -0.4 is 4.74 Å². The van der Waals surface area contributed by atoms with Crippen molar-refractivity contribution in [2.75, 3.05) is 7.11 Å². The van der Waals surface area contributed by atoms with Crippen LogP contribution in [-0.2, 0) is 23.1 Å². The highest BCUT2D eigenvalue weighted by molar-refractivity contribution is 7.89. The van der Waals surface area contributed by atoms with Gasteiger partial charge in [0.2, 0.25) is 10.0 Å². The molecule has 6 heteroatoms. The van der Waals surface area contributed by atoms with Gasteiger partial charge in [-0.25, -0.2) is 8.42 Å². The fourth-order valence-electron chi connectivity index (χ4n) is 2.49. The highest BCUT2D eigenvalue weighted by atomic mass is 32.2. The minimum absolute atomic E-state index is 0.163. The first-order chi connectivity index (χ1) is 12.1. The van der Waals surface area contributed by atoms with Crippen molar-refractivity contribution in [3.63, 3.8) is 0 Å². The van der Waals surface area contributed by atoms with Crippen LogP contribution in [0, 0.1) is 0 Å². The zero-order chi connectivity index (χ0) is 17.7. The second-order valence-electron chi connectivity index (χ2n) is 5.51. The number of hydrogen-bond acceptors (Lipinski definition) is 4. The van der Waals surface area contributed by atoms with Gasteiger partial charge in [0.15, 0.2) is 0 Å². The standard InChI is InChI=1S/C19H19NO4S/c1-23-17-9-11-19(12-10-17)25(21,22)20(15-18-8-5-13-24-18)14-16-6-3-2-4-7-16/h2-13H,14-15H2,1H3. The molecule has 0 aliphatic rings. The zero-order valence-corrected chi connectivity index (χ0v) is 14.6. The van der Waals surface area contributed by atoms with Gasteiger partial charge < -0.3 is 9.15 Å². The smallest absolute Gasteiger partial charge is 0.243 e. The molecular formula is C19H19NO4S. The Morgan fingerprint density at radius 3 is 2.24 bits per heavy atom. The van der Waals surface area contributed by atoms with Crippen LogP contribution in [0.15, 0.2) is 82.3 Å². The predicted octanol–water partition coefficient (Wildman–Crippen LogP) is 3.68. The van der Waals surface area contributed by atoms with Crippen LogP contribution in [0.2, 0.25) is 0 Å². The Labute approximate surface area is 147 Å². The molecule has 1 heterocycles. The Hall–Kier alpha value is -2.57. The molecule has 1 aromatic heterocycles. The molecule has 5 nitrogen and oxygen atoms in total.